The summed E-state index contributed by atoms with van der Waals surface area (Å²) < 4.78 is 0. The number of carbonyl (C=O) groups is 1. The molecular formula is C17H13Cl2N3OS. The molecule has 0 atom stereocenters. The van der Waals surface area contributed by atoms with Crippen LogP contribution in [0.25, 0.3) is 0 Å². The van der Waals surface area contributed by atoms with Gasteiger partial charge in [0.15, 0.2) is 0 Å². The predicted octanol–water partition coefficient (Wildman–Crippen LogP) is 5.00. The smallest absolute Gasteiger partial charge is 0.270 e. The molecule has 1 aromatic carbocycles. The van der Waals surface area contributed by atoms with E-state index in [0.29, 0.717) is 33.0 Å². The molecule has 0 unspecified atom stereocenters. The number of hydrogen-bond donors (Lipinski definition) is 0. The first-order valence-corrected chi connectivity index (χ1v) is 8.76. The first kappa shape index (κ1) is 16.9. The van der Waals surface area contributed by atoms with E-state index in [-0.39, 0.29) is 5.91 Å². The minimum absolute atomic E-state index is 0.120. The van der Waals surface area contributed by atoms with E-state index in [1.54, 1.807) is 34.8 Å². The van der Waals surface area contributed by atoms with Crippen LogP contribution in [0.5, 0.6) is 0 Å². The second-order valence-corrected chi connectivity index (χ2v) is 6.80. The van der Waals surface area contributed by atoms with Crippen LogP contribution in [0.15, 0.2) is 48.1 Å². The number of pyridine rings is 1. The molecule has 0 radical (unpaired) electrons. The molecule has 2 aromatic heterocycles. The van der Waals surface area contributed by atoms with Gasteiger partial charge in [0.2, 0.25) is 0 Å². The molecule has 122 valence electrons. The van der Waals surface area contributed by atoms with Crippen LogP contribution in [0.4, 0.5) is 5.69 Å². The lowest BCUT2D eigenvalue weighted by atomic mass is 10.2. The van der Waals surface area contributed by atoms with Crippen molar-refractivity contribution in [3.8, 4) is 0 Å². The van der Waals surface area contributed by atoms with Crippen molar-refractivity contribution >= 4 is 46.1 Å². The van der Waals surface area contributed by atoms with Crippen LogP contribution in [0.2, 0.25) is 10.2 Å². The van der Waals surface area contributed by atoms with Crippen LogP contribution >= 0.6 is 34.5 Å². The minimum Gasteiger partial charge on any atom is -0.303 e. The monoisotopic (exact) mass is 377 g/mol. The highest BCUT2D eigenvalue weighted by atomic mass is 35.5. The van der Waals surface area contributed by atoms with Crippen molar-refractivity contribution in [3.05, 3.63) is 74.4 Å². The summed E-state index contributed by atoms with van der Waals surface area (Å²) in [5.41, 5.74) is 3.98. The summed E-state index contributed by atoms with van der Waals surface area (Å²) in [7, 11) is 0. The van der Waals surface area contributed by atoms with Gasteiger partial charge in [0.1, 0.15) is 10.0 Å². The van der Waals surface area contributed by atoms with Crippen molar-refractivity contribution in [1.82, 2.24) is 9.97 Å². The Bertz CT molecular complexity index is 882. The van der Waals surface area contributed by atoms with E-state index < -0.39 is 0 Å². The summed E-state index contributed by atoms with van der Waals surface area (Å²) in [6, 6.07) is 10.8. The van der Waals surface area contributed by atoms with Gasteiger partial charge in [0.05, 0.1) is 17.7 Å². The van der Waals surface area contributed by atoms with Crippen LogP contribution in [0.1, 0.15) is 20.9 Å². The fourth-order valence-corrected chi connectivity index (χ4v) is 3.41. The average Bonchev–Trinajstić information content (AvgIpc) is 2.98. The number of rotatable bonds is 4. The minimum atomic E-state index is -0.120. The zero-order valence-corrected chi connectivity index (χ0v) is 15.1. The Morgan fingerprint density at radius 1 is 1.21 bits per heavy atom. The van der Waals surface area contributed by atoms with Crippen molar-refractivity contribution in [2.24, 2.45) is 0 Å². The first-order chi connectivity index (χ1) is 11.5. The lowest BCUT2D eigenvalue weighted by Gasteiger charge is -2.23. The van der Waals surface area contributed by atoms with Crippen LogP contribution < -0.4 is 4.90 Å². The molecule has 2 heterocycles. The van der Waals surface area contributed by atoms with E-state index in [9.17, 15) is 4.79 Å². The molecule has 0 spiro atoms. The Hall–Kier alpha value is -1.95. The molecule has 0 fully saturated rings. The molecule has 0 saturated heterocycles. The number of aromatic nitrogens is 2. The third-order valence-electron chi connectivity index (χ3n) is 3.44. The summed E-state index contributed by atoms with van der Waals surface area (Å²) in [5.74, 6) is -0.120. The third kappa shape index (κ3) is 3.75. The number of anilines is 1. The van der Waals surface area contributed by atoms with Gasteiger partial charge in [-0.25, -0.2) is 9.97 Å². The van der Waals surface area contributed by atoms with Gasteiger partial charge in [-0.05, 0) is 42.8 Å². The summed E-state index contributed by atoms with van der Waals surface area (Å²) in [4.78, 5) is 23.4. The van der Waals surface area contributed by atoms with E-state index in [4.69, 9.17) is 23.2 Å². The summed E-state index contributed by atoms with van der Waals surface area (Å²) in [6.45, 7) is 2.18. The highest BCUT2D eigenvalue weighted by Crippen LogP contribution is 2.26. The van der Waals surface area contributed by atoms with Gasteiger partial charge in [0.25, 0.3) is 5.91 Å². The molecule has 0 bridgehead atoms. The Labute approximate surface area is 153 Å². The summed E-state index contributed by atoms with van der Waals surface area (Å²) >= 11 is 13.4. The van der Waals surface area contributed by atoms with Gasteiger partial charge < -0.3 is 4.90 Å². The maximum absolute atomic E-state index is 13.0. The van der Waals surface area contributed by atoms with Crippen molar-refractivity contribution in [2.75, 3.05) is 4.90 Å². The largest absolute Gasteiger partial charge is 0.303 e. The van der Waals surface area contributed by atoms with Crippen molar-refractivity contribution < 1.29 is 4.79 Å². The Morgan fingerprint density at radius 2 is 2.04 bits per heavy atom. The van der Waals surface area contributed by atoms with E-state index in [1.165, 1.54) is 11.3 Å². The van der Waals surface area contributed by atoms with Gasteiger partial charge in [-0.15, -0.1) is 11.3 Å². The molecule has 24 heavy (non-hydrogen) atoms. The van der Waals surface area contributed by atoms with Crippen molar-refractivity contribution in [3.63, 3.8) is 0 Å². The molecule has 4 nitrogen and oxygen atoms in total. The molecule has 1 amide bonds. The molecule has 3 aromatic rings. The van der Waals surface area contributed by atoms with E-state index in [1.807, 2.05) is 25.1 Å². The average molecular weight is 378 g/mol. The standard InChI is InChI=1S/C17H13Cl2N3OS/c1-11-16(24-10-21-11)17(23)22(14-4-2-3-13(18)8-14)9-12-5-6-20-15(19)7-12/h2-8,10H,9H2,1H3. The Morgan fingerprint density at radius 3 is 2.71 bits per heavy atom. The van der Waals surface area contributed by atoms with Crippen LogP contribution in [-0.2, 0) is 6.54 Å². The van der Waals surface area contributed by atoms with Gasteiger partial charge >= 0.3 is 0 Å². The lowest BCUT2D eigenvalue weighted by Crippen LogP contribution is -2.30. The number of nitrogens with zero attached hydrogens (tertiary/aromatic N) is 3. The number of halogens is 2. The highest BCUT2D eigenvalue weighted by molar-refractivity contribution is 7.12. The van der Waals surface area contributed by atoms with E-state index in [2.05, 4.69) is 9.97 Å². The van der Waals surface area contributed by atoms with Crippen molar-refractivity contribution in [1.29, 1.82) is 0 Å². The number of hydrogen-bond acceptors (Lipinski definition) is 4. The number of thiazole rings is 1. The van der Waals surface area contributed by atoms with Crippen LogP contribution in [0.3, 0.4) is 0 Å². The second kappa shape index (κ2) is 7.30. The van der Waals surface area contributed by atoms with Gasteiger partial charge in [-0.3, -0.25) is 4.79 Å². The SMILES string of the molecule is Cc1ncsc1C(=O)N(Cc1ccnc(Cl)c1)c1cccc(Cl)c1. The Kier molecular flexibility index (Phi) is 5.14. The highest BCUT2D eigenvalue weighted by Gasteiger charge is 2.22. The normalized spacial score (nSPS) is 10.6. The lowest BCUT2D eigenvalue weighted by molar-refractivity contribution is 0.0988. The molecule has 7 heteroatoms. The maximum atomic E-state index is 13.0. The molecule has 3 rings (SSSR count). The van der Waals surface area contributed by atoms with Crippen LogP contribution in [0, 0.1) is 6.92 Å². The van der Waals surface area contributed by atoms with Crippen molar-refractivity contribution in [2.45, 2.75) is 13.5 Å². The molecule has 0 aliphatic carbocycles. The fourth-order valence-electron chi connectivity index (χ4n) is 2.28. The zero-order valence-electron chi connectivity index (χ0n) is 12.7. The van der Waals surface area contributed by atoms with E-state index in [0.717, 1.165) is 5.56 Å². The second-order valence-electron chi connectivity index (χ2n) is 5.12. The molecule has 0 aliphatic rings. The Balaban J connectivity index is 2.00. The fraction of sp³-hybridized carbons (Fsp3) is 0.118. The topological polar surface area (TPSA) is 46.1 Å². The van der Waals surface area contributed by atoms with Gasteiger partial charge in [-0.2, -0.15) is 0 Å². The zero-order chi connectivity index (χ0) is 17.1. The molecular weight excluding hydrogens is 365 g/mol. The van der Waals surface area contributed by atoms with Gasteiger partial charge in [0, 0.05) is 16.9 Å². The summed E-state index contributed by atoms with van der Waals surface area (Å²) in [6.07, 6.45) is 1.62. The number of amides is 1. The first-order valence-electron chi connectivity index (χ1n) is 7.12. The number of carbonyl (C=O) groups excluding carboxylic acids is 1. The predicted molar refractivity (Wildman–Crippen MR) is 98.1 cm³/mol. The van der Waals surface area contributed by atoms with E-state index >= 15 is 0 Å². The molecule has 0 aliphatic heterocycles. The molecule has 0 saturated carbocycles. The summed E-state index contributed by atoms with van der Waals surface area (Å²) in [5, 5.41) is 0.957. The number of aryl methyl sites for hydroxylation is 1. The maximum Gasteiger partial charge on any atom is 0.270 e. The quantitative estimate of drug-likeness (QED) is 0.600. The molecule has 0 N–H and O–H groups in total. The third-order valence-corrected chi connectivity index (χ3v) is 4.79. The van der Waals surface area contributed by atoms with Crippen LogP contribution in [-0.4, -0.2) is 15.9 Å². The van der Waals surface area contributed by atoms with Gasteiger partial charge in [-0.1, -0.05) is 29.3 Å². The number of benzene rings is 1.